The smallest absolute Gasteiger partial charge is 0.336 e. The van der Waals surface area contributed by atoms with E-state index >= 15 is 0 Å². The van der Waals surface area contributed by atoms with Gasteiger partial charge in [-0.05, 0) is 42.2 Å². The Bertz CT molecular complexity index is 804. The molecule has 23 heavy (non-hydrogen) atoms. The van der Waals surface area contributed by atoms with E-state index in [0.717, 1.165) is 23.4 Å². The summed E-state index contributed by atoms with van der Waals surface area (Å²) in [5.41, 5.74) is 2.78. The van der Waals surface area contributed by atoms with Gasteiger partial charge in [-0.1, -0.05) is 29.8 Å². The number of allylic oxidation sites excluding steroid dienone is 2. The number of anilines is 1. The van der Waals surface area contributed by atoms with Crippen molar-refractivity contribution in [2.45, 2.75) is 18.4 Å². The number of hydrogen-bond donors (Lipinski definition) is 2. The van der Waals surface area contributed by atoms with Crippen molar-refractivity contribution in [3.05, 3.63) is 70.5 Å². The zero-order chi connectivity index (χ0) is 16.0. The molecule has 0 fully saturated rings. The Kier molecular flexibility index (Phi) is 3.34. The minimum Gasteiger partial charge on any atom is -0.478 e. The molecule has 0 saturated heterocycles. The molecule has 1 aromatic heterocycles. The molecule has 2 aliphatic rings. The molecule has 3 atom stereocenters. The molecule has 1 aromatic carbocycles. The number of rotatable bonds is 2. The first-order valence-electron chi connectivity index (χ1n) is 7.56. The molecule has 5 heteroatoms. The summed E-state index contributed by atoms with van der Waals surface area (Å²) in [5.74, 6) is -0.632. The minimum atomic E-state index is -0.921. The maximum atomic E-state index is 11.6. The van der Waals surface area contributed by atoms with E-state index < -0.39 is 5.97 Å². The van der Waals surface area contributed by atoms with Crippen LogP contribution in [0.2, 0.25) is 5.02 Å². The largest absolute Gasteiger partial charge is 0.478 e. The van der Waals surface area contributed by atoms with Gasteiger partial charge in [0.25, 0.3) is 0 Å². The SMILES string of the molecule is O=C(O)c1ccc(Cl)c2c1[C@H]1C=CC[C@@H]1[C@H](c1ccccn1)N2. The molecule has 2 heterocycles. The van der Waals surface area contributed by atoms with Crippen molar-refractivity contribution in [2.75, 3.05) is 5.32 Å². The molecule has 0 saturated carbocycles. The van der Waals surface area contributed by atoms with Gasteiger partial charge in [-0.3, -0.25) is 4.98 Å². The third-order valence-electron chi connectivity index (χ3n) is 4.71. The number of nitrogens with zero attached hydrogens (tertiary/aromatic N) is 1. The third-order valence-corrected chi connectivity index (χ3v) is 5.02. The highest BCUT2D eigenvalue weighted by atomic mass is 35.5. The van der Waals surface area contributed by atoms with E-state index in [2.05, 4.69) is 22.5 Å². The Balaban J connectivity index is 1.89. The van der Waals surface area contributed by atoms with Crippen LogP contribution in [0.15, 0.2) is 48.7 Å². The fraction of sp³-hybridized carbons (Fsp3) is 0.222. The highest BCUT2D eigenvalue weighted by Gasteiger charge is 2.41. The average molecular weight is 327 g/mol. The Hall–Kier alpha value is -2.33. The summed E-state index contributed by atoms with van der Waals surface area (Å²) in [6.45, 7) is 0. The van der Waals surface area contributed by atoms with Gasteiger partial charge in [0.05, 0.1) is 28.0 Å². The van der Waals surface area contributed by atoms with Crippen LogP contribution in [0.4, 0.5) is 5.69 Å². The monoisotopic (exact) mass is 326 g/mol. The van der Waals surface area contributed by atoms with Crippen LogP contribution >= 0.6 is 11.6 Å². The fourth-order valence-electron chi connectivity index (χ4n) is 3.71. The molecule has 0 radical (unpaired) electrons. The number of benzene rings is 1. The van der Waals surface area contributed by atoms with Crippen LogP contribution in [0.1, 0.15) is 40.0 Å². The number of fused-ring (bicyclic) bond motifs is 3. The van der Waals surface area contributed by atoms with Crippen molar-refractivity contribution in [2.24, 2.45) is 5.92 Å². The van der Waals surface area contributed by atoms with Gasteiger partial charge in [-0.2, -0.15) is 0 Å². The van der Waals surface area contributed by atoms with Gasteiger partial charge in [0.15, 0.2) is 0 Å². The van der Waals surface area contributed by atoms with E-state index in [1.807, 2.05) is 18.2 Å². The van der Waals surface area contributed by atoms with Crippen LogP contribution < -0.4 is 5.32 Å². The molecule has 4 rings (SSSR count). The lowest BCUT2D eigenvalue weighted by Gasteiger charge is -2.38. The molecule has 0 spiro atoms. The van der Waals surface area contributed by atoms with Crippen LogP contribution in [0.25, 0.3) is 0 Å². The second-order valence-corrected chi connectivity index (χ2v) is 6.33. The Morgan fingerprint density at radius 3 is 2.91 bits per heavy atom. The molecular formula is C18H15ClN2O2. The van der Waals surface area contributed by atoms with Gasteiger partial charge in [0, 0.05) is 12.1 Å². The zero-order valence-electron chi connectivity index (χ0n) is 12.2. The van der Waals surface area contributed by atoms with Crippen LogP contribution in [-0.4, -0.2) is 16.1 Å². The lowest BCUT2D eigenvalue weighted by atomic mass is 9.76. The van der Waals surface area contributed by atoms with Crippen molar-refractivity contribution in [3.8, 4) is 0 Å². The number of hydrogen-bond acceptors (Lipinski definition) is 3. The zero-order valence-corrected chi connectivity index (χ0v) is 13.0. The van der Waals surface area contributed by atoms with Crippen molar-refractivity contribution in [3.63, 3.8) is 0 Å². The molecule has 0 amide bonds. The predicted octanol–water partition coefficient (Wildman–Crippen LogP) is 4.26. The maximum Gasteiger partial charge on any atom is 0.336 e. The quantitative estimate of drug-likeness (QED) is 0.809. The molecule has 2 aromatic rings. The molecule has 0 bridgehead atoms. The number of nitrogens with one attached hydrogen (secondary N) is 1. The highest BCUT2D eigenvalue weighted by Crippen LogP contribution is 2.52. The Morgan fingerprint density at radius 2 is 2.17 bits per heavy atom. The van der Waals surface area contributed by atoms with E-state index in [9.17, 15) is 9.90 Å². The van der Waals surface area contributed by atoms with E-state index in [1.165, 1.54) is 0 Å². The number of carboxylic acids is 1. The molecule has 2 N–H and O–H groups in total. The summed E-state index contributed by atoms with van der Waals surface area (Å²) in [6, 6.07) is 9.10. The highest BCUT2D eigenvalue weighted by molar-refractivity contribution is 6.33. The lowest BCUT2D eigenvalue weighted by molar-refractivity contribution is 0.0695. The Labute approximate surface area is 138 Å². The maximum absolute atomic E-state index is 11.6. The van der Waals surface area contributed by atoms with E-state index in [4.69, 9.17) is 11.6 Å². The Morgan fingerprint density at radius 1 is 1.30 bits per heavy atom. The summed E-state index contributed by atoms with van der Waals surface area (Å²) in [5, 5.41) is 13.5. The second kappa shape index (κ2) is 5.39. The summed E-state index contributed by atoms with van der Waals surface area (Å²) in [6.07, 6.45) is 6.89. The average Bonchev–Trinajstić information content (AvgIpc) is 3.05. The first-order chi connectivity index (χ1) is 11.2. The normalized spacial score (nSPS) is 24.7. The first-order valence-corrected chi connectivity index (χ1v) is 7.94. The number of pyridine rings is 1. The molecule has 116 valence electrons. The van der Waals surface area contributed by atoms with Crippen LogP contribution in [0.5, 0.6) is 0 Å². The molecule has 4 nitrogen and oxygen atoms in total. The van der Waals surface area contributed by atoms with Crippen LogP contribution in [-0.2, 0) is 0 Å². The summed E-state index contributed by atoms with van der Waals surface area (Å²) in [4.78, 5) is 16.1. The van der Waals surface area contributed by atoms with Crippen LogP contribution in [0.3, 0.4) is 0 Å². The third kappa shape index (κ3) is 2.21. The molecular weight excluding hydrogens is 312 g/mol. The van der Waals surface area contributed by atoms with Gasteiger partial charge in [0.2, 0.25) is 0 Å². The lowest BCUT2D eigenvalue weighted by Crippen LogP contribution is -2.31. The molecule has 1 aliphatic heterocycles. The van der Waals surface area contributed by atoms with Crippen molar-refractivity contribution >= 4 is 23.3 Å². The number of aromatic carboxylic acids is 1. The molecule has 1 aliphatic carbocycles. The van der Waals surface area contributed by atoms with E-state index in [0.29, 0.717) is 10.6 Å². The fourth-order valence-corrected chi connectivity index (χ4v) is 3.93. The summed E-state index contributed by atoms with van der Waals surface area (Å²) in [7, 11) is 0. The standard InChI is InChI=1S/C18H15ClN2O2/c19-13-8-7-12(18(22)23)15-10-4-3-5-11(10)16(21-17(13)15)14-6-1-2-9-20-14/h1-4,6-11,16,21H,5H2,(H,22,23)/t10-,11-,16+/m0/s1. The number of carbonyl (C=O) groups is 1. The minimum absolute atomic E-state index is 0.0187. The van der Waals surface area contributed by atoms with Gasteiger partial charge >= 0.3 is 5.97 Å². The van der Waals surface area contributed by atoms with Gasteiger partial charge in [0.1, 0.15) is 0 Å². The van der Waals surface area contributed by atoms with Crippen molar-refractivity contribution < 1.29 is 9.90 Å². The summed E-state index contributed by atoms with van der Waals surface area (Å²) < 4.78 is 0. The van der Waals surface area contributed by atoms with E-state index in [-0.39, 0.29) is 17.9 Å². The van der Waals surface area contributed by atoms with Crippen molar-refractivity contribution in [1.82, 2.24) is 4.98 Å². The summed E-state index contributed by atoms with van der Waals surface area (Å²) >= 11 is 6.36. The van der Waals surface area contributed by atoms with Gasteiger partial charge in [-0.25, -0.2) is 4.79 Å². The van der Waals surface area contributed by atoms with Crippen LogP contribution in [0, 0.1) is 5.92 Å². The van der Waals surface area contributed by atoms with Gasteiger partial charge in [-0.15, -0.1) is 0 Å². The topological polar surface area (TPSA) is 62.2 Å². The number of carboxylic acid groups (broad SMARTS) is 1. The first kappa shape index (κ1) is 14.3. The predicted molar refractivity (Wildman–Crippen MR) is 89.0 cm³/mol. The molecule has 0 unspecified atom stereocenters. The van der Waals surface area contributed by atoms with Crippen molar-refractivity contribution in [1.29, 1.82) is 0 Å². The number of aromatic nitrogens is 1. The van der Waals surface area contributed by atoms with E-state index in [1.54, 1.807) is 18.3 Å². The number of halogens is 1. The van der Waals surface area contributed by atoms with Gasteiger partial charge < -0.3 is 10.4 Å². The second-order valence-electron chi connectivity index (χ2n) is 5.92.